The van der Waals surface area contributed by atoms with Gasteiger partial charge in [-0.05, 0) is 53.6 Å². The fourth-order valence-corrected chi connectivity index (χ4v) is 5.32. The third-order valence-electron chi connectivity index (χ3n) is 5.50. The number of anilines is 2. The molecule has 0 aromatic heterocycles. The second-order valence-corrected chi connectivity index (χ2v) is 12.2. The van der Waals surface area contributed by atoms with Gasteiger partial charge in [-0.25, -0.2) is 8.42 Å². The maximum Gasteiger partial charge on any atom is 0.255 e. The molecule has 3 rings (SSSR count). The number of amides is 1. The van der Waals surface area contributed by atoms with Gasteiger partial charge in [0.25, 0.3) is 5.91 Å². The zero-order valence-electron chi connectivity index (χ0n) is 19.1. The maximum absolute atomic E-state index is 13.0. The summed E-state index contributed by atoms with van der Waals surface area (Å²) in [5.74, 6) is 0.115. The molecule has 2 aromatic rings. The molecule has 1 saturated heterocycles. The van der Waals surface area contributed by atoms with Gasteiger partial charge in [0.05, 0.1) is 11.4 Å². The molecule has 1 aliphatic rings. The van der Waals surface area contributed by atoms with Crippen LogP contribution in [0.4, 0.5) is 11.4 Å². The summed E-state index contributed by atoms with van der Waals surface area (Å²) in [4.78, 5) is 13.0. The van der Waals surface area contributed by atoms with E-state index in [4.69, 9.17) is 0 Å². The number of rotatable bonds is 3. The largest absolute Gasteiger partial charge is 0.507 e. The Morgan fingerprint density at radius 3 is 1.90 bits per heavy atom. The topological polar surface area (TPSA) is 86.7 Å². The van der Waals surface area contributed by atoms with E-state index in [2.05, 4.69) is 5.32 Å². The predicted octanol–water partition coefficient (Wildman–Crippen LogP) is 4.78. The van der Waals surface area contributed by atoms with Crippen LogP contribution in [0.15, 0.2) is 36.4 Å². The molecule has 2 N–H and O–H groups in total. The standard InChI is InChI=1S/C24H32N2O4S/c1-23(2,3)19-14-16(15-20(21(19)27)24(4,5)6)22(28)25-17-8-10-18(11-9-17)26-12-7-13-31(26,29)30/h8-11,14-15,27H,7,12-13H2,1-6H3,(H,25,28). The summed E-state index contributed by atoms with van der Waals surface area (Å²) in [6.45, 7) is 12.5. The predicted molar refractivity (Wildman–Crippen MR) is 126 cm³/mol. The zero-order valence-corrected chi connectivity index (χ0v) is 19.9. The molecule has 0 atom stereocenters. The number of carbonyl (C=O) groups is 1. The van der Waals surface area contributed by atoms with Gasteiger partial charge in [0.2, 0.25) is 10.0 Å². The lowest BCUT2D eigenvalue weighted by molar-refractivity contribution is 0.102. The number of hydrogen-bond acceptors (Lipinski definition) is 4. The number of hydrogen-bond donors (Lipinski definition) is 2. The average molecular weight is 445 g/mol. The van der Waals surface area contributed by atoms with Gasteiger partial charge in [-0.3, -0.25) is 9.10 Å². The molecule has 0 spiro atoms. The lowest BCUT2D eigenvalue weighted by Gasteiger charge is -2.28. The van der Waals surface area contributed by atoms with Crippen molar-refractivity contribution in [3.63, 3.8) is 0 Å². The molecule has 0 bridgehead atoms. The first kappa shape index (κ1) is 23.1. The molecular weight excluding hydrogens is 412 g/mol. The lowest BCUT2D eigenvalue weighted by Crippen LogP contribution is -2.25. The Balaban J connectivity index is 1.90. The van der Waals surface area contributed by atoms with E-state index >= 15 is 0 Å². The van der Waals surface area contributed by atoms with E-state index in [0.29, 0.717) is 29.9 Å². The van der Waals surface area contributed by atoms with E-state index in [9.17, 15) is 18.3 Å². The highest BCUT2D eigenvalue weighted by molar-refractivity contribution is 7.93. The molecular formula is C24H32N2O4S. The van der Waals surface area contributed by atoms with Gasteiger partial charge in [0.15, 0.2) is 0 Å². The van der Waals surface area contributed by atoms with Crippen molar-refractivity contribution < 1.29 is 18.3 Å². The van der Waals surface area contributed by atoms with Gasteiger partial charge in [-0.1, -0.05) is 41.5 Å². The van der Waals surface area contributed by atoms with Gasteiger partial charge in [0.1, 0.15) is 5.75 Å². The molecule has 1 fully saturated rings. The van der Waals surface area contributed by atoms with Crippen LogP contribution < -0.4 is 9.62 Å². The average Bonchev–Trinajstić information content (AvgIpc) is 2.99. The van der Waals surface area contributed by atoms with Crippen LogP contribution in [-0.4, -0.2) is 31.7 Å². The van der Waals surface area contributed by atoms with Crippen molar-refractivity contribution in [2.24, 2.45) is 0 Å². The van der Waals surface area contributed by atoms with Gasteiger partial charge in [-0.15, -0.1) is 0 Å². The Bertz CT molecular complexity index is 1060. The number of phenolic OH excluding ortho intramolecular Hbond substituents is 1. The molecule has 168 valence electrons. The first-order valence-electron chi connectivity index (χ1n) is 10.5. The van der Waals surface area contributed by atoms with Gasteiger partial charge < -0.3 is 10.4 Å². The van der Waals surface area contributed by atoms with Crippen LogP contribution in [0.5, 0.6) is 5.75 Å². The van der Waals surface area contributed by atoms with Crippen LogP contribution in [0.25, 0.3) is 0 Å². The van der Waals surface area contributed by atoms with Crippen molar-refractivity contribution in [1.29, 1.82) is 0 Å². The second-order valence-electron chi connectivity index (χ2n) is 10.2. The molecule has 2 aromatic carbocycles. The number of aromatic hydroxyl groups is 1. The minimum absolute atomic E-state index is 0.165. The highest BCUT2D eigenvalue weighted by atomic mass is 32.2. The molecule has 6 nitrogen and oxygen atoms in total. The van der Waals surface area contributed by atoms with Gasteiger partial charge in [0, 0.05) is 28.9 Å². The Morgan fingerprint density at radius 1 is 0.968 bits per heavy atom. The maximum atomic E-state index is 13.0. The summed E-state index contributed by atoms with van der Waals surface area (Å²) in [5.41, 5.74) is 2.43. The first-order chi connectivity index (χ1) is 14.2. The highest BCUT2D eigenvalue weighted by Gasteiger charge is 2.29. The highest BCUT2D eigenvalue weighted by Crippen LogP contribution is 2.40. The fourth-order valence-electron chi connectivity index (χ4n) is 3.75. The van der Waals surface area contributed by atoms with Crippen LogP contribution >= 0.6 is 0 Å². The fraction of sp³-hybridized carbons (Fsp3) is 0.458. The second kappa shape index (κ2) is 7.86. The zero-order chi connectivity index (χ0) is 23.2. The number of phenols is 1. The SMILES string of the molecule is CC(C)(C)c1cc(C(=O)Nc2ccc(N3CCCS3(=O)=O)cc2)cc(C(C)(C)C)c1O. The van der Waals surface area contributed by atoms with Crippen LogP contribution in [0.1, 0.15) is 69.4 Å². The molecule has 1 aliphatic heterocycles. The summed E-state index contributed by atoms with van der Waals surface area (Å²) in [6.07, 6.45) is 0.619. The molecule has 0 saturated carbocycles. The van der Waals surface area contributed by atoms with Gasteiger partial charge in [-0.2, -0.15) is 0 Å². The number of nitrogens with one attached hydrogen (secondary N) is 1. The minimum atomic E-state index is -3.24. The molecule has 0 aliphatic carbocycles. The van der Waals surface area contributed by atoms with Crippen LogP contribution in [-0.2, 0) is 20.9 Å². The van der Waals surface area contributed by atoms with E-state index in [1.54, 1.807) is 36.4 Å². The number of nitrogens with zero attached hydrogens (tertiary/aromatic N) is 1. The van der Waals surface area contributed by atoms with Gasteiger partial charge >= 0.3 is 0 Å². The lowest BCUT2D eigenvalue weighted by atomic mass is 9.78. The molecule has 31 heavy (non-hydrogen) atoms. The van der Waals surface area contributed by atoms with Crippen molar-refractivity contribution in [3.05, 3.63) is 53.1 Å². The Morgan fingerprint density at radius 2 is 1.48 bits per heavy atom. The number of sulfonamides is 1. The van der Waals surface area contributed by atoms with E-state index in [0.717, 1.165) is 11.1 Å². The van der Waals surface area contributed by atoms with Crippen LogP contribution in [0, 0.1) is 0 Å². The third-order valence-corrected chi connectivity index (χ3v) is 7.37. The summed E-state index contributed by atoms with van der Waals surface area (Å²) in [5, 5.41) is 13.7. The first-order valence-corrected chi connectivity index (χ1v) is 12.1. The third kappa shape index (κ3) is 4.87. The summed E-state index contributed by atoms with van der Waals surface area (Å²) < 4.78 is 25.6. The van der Waals surface area contributed by atoms with E-state index < -0.39 is 10.0 Å². The Labute approximate surface area is 185 Å². The van der Waals surface area contributed by atoms with E-state index in [1.165, 1.54) is 4.31 Å². The molecule has 1 amide bonds. The Kier molecular flexibility index (Phi) is 5.86. The van der Waals surface area contributed by atoms with Crippen molar-refractivity contribution in [2.45, 2.75) is 58.8 Å². The summed E-state index contributed by atoms with van der Waals surface area (Å²) in [6, 6.07) is 10.3. The van der Waals surface area contributed by atoms with Crippen LogP contribution in [0.3, 0.4) is 0 Å². The number of benzene rings is 2. The quantitative estimate of drug-likeness (QED) is 0.713. The Hall–Kier alpha value is -2.54. The molecule has 0 radical (unpaired) electrons. The minimum Gasteiger partial charge on any atom is -0.507 e. The summed E-state index contributed by atoms with van der Waals surface area (Å²) in [7, 11) is -3.24. The van der Waals surface area contributed by atoms with Crippen molar-refractivity contribution in [3.8, 4) is 5.75 Å². The van der Waals surface area contributed by atoms with Crippen molar-refractivity contribution >= 4 is 27.3 Å². The molecule has 7 heteroatoms. The van der Waals surface area contributed by atoms with E-state index in [-0.39, 0.29) is 28.2 Å². The molecule has 0 unspecified atom stereocenters. The van der Waals surface area contributed by atoms with Crippen molar-refractivity contribution in [1.82, 2.24) is 0 Å². The van der Waals surface area contributed by atoms with Crippen LogP contribution in [0.2, 0.25) is 0 Å². The number of carbonyl (C=O) groups excluding carboxylic acids is 1. The van der Waals surface area contributed by atoms with Crippen molar-refractivity contribution in [2.75, 3.05) is 21.9 Å². The monoisotopic (exact) mass is 444 g/mol. The smallest absolute Gasteiger partial charge is 0.255 e. The molecule has 1 heterocycles. The summed E-state index contributed by atoms with van der Waals surface area (Å²) >= 11 is 0. The normalized spacial score (nSPS) is 16.4. The van der Waals surface area contributed by atoms with E-state index in [1.807, 2.05) is 41.5 Å².